The molecule has 0 bridgehead atoms. The zero-order chi connectivity index (χ0) is 17.3. The molecule has 0 aromatic carbocycles. The molecule has 0 unspecified atom stereocenters. The fourth-order valence-electron chi connectivity index (χ4n) is 3.49. The lowest BCUT2D eigenvalue weighted by Crippen LogP contribution is -2.43. The number of hydrogen-bond acceptors (Lipinski definition) is 5. The van der Waals surface area contributed by atoms with E-state index in [9.17, 15) is 4.79 Å². The van der Waals surface area contributed by atoms with Gasteiger partial charge >= 0.3 is 0 Å². The summed E-state index contributed by atoms with van der Waals surface area (Å²) in [5.74, 6) is 0.0525. The van der Waals surface area contributed by atoms with Crippen LogP contribution in [0.15, 0.2) is 12.3 Å². The van der Waals surface area contributed by atoms with Gasteiger partial charge < -0.3 is 15.0 Å². The van der Waals surface area contributed by atoms with E-state index in [1.807, 2.05) is 31.5 Å². The number of likely N-dealkylation sites (N-methyl/N-ethyl adjacent to an activating group) is 1. The molecule has 7 heteroatoms. The second-order valence-electron chi connectivity index (χ2n) is 6.53. The Kier molecular flexibility index (Phi) is 4.82. The first kappa shape index (κ1) is 16.9. The van der Waals surface area contributed by atoms with Crippen LogP contribution in [0.3, 0.4) is 0 Å². The van der Waals surface area contributed by atoms with Gasteiger partial charge in [-0.2, -0.15) is 5.10 Å². The van der Waals surface area contributed by atoms with Crippen LogP contribution in [-0.2, 0) is 16.0 Å². The van der Waals surface area contributed by atoms with Crippen LogP contribution in [0.4, 0.5) is 0 Å². The molecule has 0 radical (unpaired) electrons. The molecule has 1 amide bonds. The molecule has 2 aromatic heterocycles. The number of aryl methyl sites for hydroxylation is 2. The zero-order valence-corrected chi connectivity index (χ0v) is 14.7. The van der Waals surface area contributed by atoms with E-state index in [2.05, 4.69) is 20.3 Å². The fraction of sp³-hybridized carbons (Fsp3) is 0.588. The summed E-state index contributed by atoms with van der Waals surface area (Å²) in [6.07, 6.45) is 2.90. The largest absolute Gasteiger partial charge is 0.378 e. The minimum absolute atomic E-state index is 0.0525. The number of carbonyl (C=O) groups excluding carboxylic acids is 1. The van der Waals surface area contributed by atoms with Crippen molar-refractivity contribution in [1.29, 1.82) is 0 Å². The highest BCUT2D eigenvalue weighted by molar-refractivity contribution is 5.76. The maximum Gasteiger partial charge on any atom is 0.220 e. The third-order valence-corrected chi connectivity index (χ3v) is 4.80. The van der Waals surface area contributed by atoms with E-state index in [0.717, 1.165) is 35.7 Å². The molecule has 0 aliphatic carbocycles. The fourth-order valence-corrected chi connectivity index (χ4v) is 3.49. The summed E-state index contributed by atoms with van der Waals surface area (Å²) < 4.78 is 7.28. The van der Waals surface area contributed by atoms with Gasteiger partial charge in [-0.1, -0.05) is 0 Å². The molecular weight excluding hydrogens is 306 g/mol. The van der Waals surface area contributed by atoms with Gasteiger partial charge in [-0.15, -0.1) is 0 Å². The number of aromatic nitrogens is 3. The van der Waals surface area contributed by atoms with E-state index in [4.69, 9.17) is 4.74 Å². The minimum Gasteiger partial charge on any atom is -0.378 e. The second-order valence-corrected chi connectivity index (χ2v) is 6.53. The number of rotatable bonds is 5. The Labute approximate surface area is 142 Å². The summed E-state index contributed by atoms with van der Waals surface area (Å²) in [6.45, 7) is 5.68. The second kappa shape index (κ2) is 6.86. The lowest BCUT2D eigenvalue weighted by atomic mass is 10.1. The first-order chi connectivity index (χ1) is 11.5. The van der Waals surface area contributed by atoms with E-state index in [1.165, 1.54) is 0 Å². The van der Waals surface area contributed by atoms with Crippen molar-refractivity contribution in [3.05, 3.63) is 29.2 Å². The van der Waals surface area contributed by atoms with Crippen LogP contribution >= 0.6 is 0 Å². The van der Waals surface area contributed by atoms with Crippen molar-refractivity contribution in [3.63, 3.8) is 0 Å². The molecule has 3 heterocycles. The van der Waals surface area contributed by atoms with Crippen LogP contribution in [0.5, 0.6) is 0 Å². The van der Waals surface area contributed by atoms with Gasteiger partial charge in [-0.3, -0.25) is 4.79 Å². The number of fused-ring (bicyclic) bond motifs is 1. The molecule has 1 N–H and O–H groups in total. The number of amides is 1. The van der Waals surface area contributed by atoms with Crippen molar-refractivity contribution in [2.75, 3.05) is 27.2 Å². The highest BCUT2D eigenvalue weighted by Gasteiger charge is 2.31. The highest BCUT2D eigenvalue weighted by Crippen LogP contribution is 2.16. The van der Waals surface area contributed by atoms with E-state index in [1.54, 1.807) is 13.3 Å². The topological polar surface area (TPSA) is 71.8 Å². The Bertz CT molecular complexity index is 742. The van der Waals surface area contributed by atoms with Crippen LogP contribution in [0, 0.1) is 13.8 Å². The molecule has 0 saturated carbocycles. The van der Waals surface area contributed by atoms with E-state index in [-0.39, 0.29) is 18.1 Å². The Balaban J connectivity index is 1.64. The summed E-state index contributed by atoms with van der Waals surface area (Å²) in [6, 6.07) is 1.94. The summed E-state index contributed by atoms with van der Waals surface area (Å²) in [7, 11) is 3.73. The maximum atomic E-state index is 12.3. The van der Waals surface area contributed by atoms with Crippen LogP contribution < -0.4 is 5.32 Å². The van der Waals surface area contributed by atoms with Crippen LogP contribution in [0.25, 0.3) is 5.65 Å². The smallest absolute Gasteiger partial charge is 0.220 e. The Morgan fingerprint density at radius 1 is 1.42 bits per heavy atom. The number of likely N-dealkylation sites (tertiary alicyclic amines) is 1. The summed E-state index contributed by atoms with van der Waals surface area (Å²) in [5.41, 5.74) is 3.94. The Morgan fingerprint density at radius 3 is 2.96 bits per heavy atom. The summed E-state index contributed by atoms with van der Waals surface area (Å²) in [4.78, 5) is 19.1. The molecule has 1 saturated heterocycles. The average molecular weight is 331 g/mol. The van der Waals surface area contributed by atoms with Gasteiger partial charge in [-0.05, 0) is 32.9 Å². The molecule has 1 aliphatic rings. The molecular formula is C17H25N5O2. The molecule has 24 heavy (non-hydrogen) atoms. The van der Waals surface area contributed by atoms with E-state index in [0.29, 0.717) is 12.8 Å². The lowest BCUT2D eigenvalue weighted by Gasteiger charge is -2.19. The quantitative estimate of drug-likeness (QED) is 0.874. The van der Waals surface area contributed by atoms with Crippen LogP contribution in [0.2, 0.25) is 0 Å². The molecule has 0 spiro atoms. The van der Waals surface area contributed by atoms with Gasteiger partial charge in [0, 0.05) is 44.1 Å². The molecule has 3 rings (SSSR count). The van der Waals surface area contributed by atoms with Crippen molar-refractivity contribution in [2.45, 2.75) is 38.8 Å². The minimum atomic E-state index is 0.0525. The Hall–Kier alpha value is -1.99. The predicted molar refractivity (Wildman–Crippen MR) is 91.0 cm³/mol. The normalized spacial score (nSPS) is 21.5. The Morgan fingerprint density at radius 2 is 2.21 bits per heavy atom. The molecule has 7 nitrogen and oxygen atoms in total. The van der Waals surface area contributed by atoms with Gasteiger partial charge in [0.2, 0.25) is 5.91 Å². The lowest BCUT2D eigenvalue weighted by molar-refractivity contribution is -0.122. The number of nitrogens with one attached hydrogen (secondary N) is 1. The monoisotopic (exact) mass is 331 g/mol. The van der Waals surface area contributed by atoms with Gasteiger partial charge in [0.05, 0.1) is 18.3 Å². The maximum absolute atomic E-state index is 12.3. The van der Waals surface area contributed by atoms with Gasteiger partial charge in [-0.25, -0.2) is 9.50 Å². The van der Waals surface area contributed by atoms with Gasteiger partial charge in [0.25, 0.3) is 0 Å². The van der Waals surface area contributed by atoms with Crippen molar-refractivity contribution in [3.8, 4) is 0 Å². The van der Waals surface area contributed by atoms with Crippen LogP contribution in [0.1, 0.15) is 23.4 Å². The number of nitrogens with zero attached hydrogens (tertiary/aromatic N) is 4. The van der Waals surface area contributed by atoms with E-state index >= 15 is 0 Å². The molecule has 130 valence electrons. The first-order valence-corrected chi connectivity index (χ1v) is 8.30. The number of carbonyl (C=O) groups is 1. The highest BCUT2D eigenvalue weighted by atomic mass is 16.5. The SMILES string of the molecule is CO[C@@H]1CN(C)C[C@H]1NC(=O)CCc1c(C)nc2ccnn2c1C. The van der Waals surface area contributed by atoms with Gasteiger partial charge in [0.15, 0.2) is 5.65 Å². The first-order valence-electron chi connectivity index (χ1n) is 8.30. The third kappa shape index (κ3) is 3.27. The third-order valence-electron chi connectivity index (χ3n) is 4.80. The van der Waals surface area contributed by atoms with Gasteiger partial charge in [0.1, 0.15) is 0 Å². The van der Waals surface area contributed by atoms with Crippen molar-refractivity contribution < 1.29 is 9.53 Å². The molecule has 2 aromatic rings. The van der Waals surface area contributed by atoms with Crippen LogP contribution in [-0.4, -0.2) is 64.8 Å². The van der Waals surface area contributed by atoms with E-state index < -0.39 is 0 Å². The summed E-state index contributed by atoms with van der Waals surface area (Å²) >= 11 is 0. The van der Waals surface area contributed by atoms with Crippen molar-refractivity contribution in [2.24, 2.45) is 0 Å². The predicted octanol–water partition coefficient (Wildman–Crippen LogP) is 0.724. The number of ether oxygens (including phenoxy) is 1. The number of hydrogen-bond donors (Lipinski definition) is 1. The summed E-state index contributed by atoms with van der Waals surface area (Å²) in [5, 5.41) is 7.39. The zero-order valence-electron chi connectivity index (χ0n) is 14.7. The molecule has 1 fully saturated rings. The standard InChI is InChI=1S/C17H25N5O2/c1-11-13(12(2)22-16(19-11)7-8-18-22)5-6-17(23)20-14-9-21(3)10-15(14)24-4/h7-8,14-15H,5-6,9-10H2,1-4H3,(H,20,23)/t14-,15-/m1/s1. The van der Waals surface area contributed by atoms with Crippen molar-refractivity contribution in [1.82, 2.24) is 24.8 Å². The number of methoxy groups -OCH3 is 1. The average Bonchev–Trinajstić information content (AvgIpc) is 3.13. The molecule has 1 aliphatic heterocycles. The van der Waals surface area contributed by atoms with Crippen molar-refractivity contribution >= 4 is 11.6 Å². The molecule has 2 atom stereocenters.